The maximum atomic E-state index is 11.5. The van der Waals surface area contributed by atoms with Crippen molar-refractivity contribution in [1.29, 1.82) is 0 Å². The molecule has 2 N–H and O–H groups in total. The van der Waals surface area contributed by atoms with Crippen molar-refractivity contribution in [2.45, 2.75) is 6.61 Å². The van der Waals surface area contributed by atoms with Crippen LogP contribution in [-0.4, -0.2) is 22.2 Å². The summed E-state index contributed by atoms with van der Waals surface area (Å²) in [6.45, 7) is -0.172. The number of nitrogens with one attached hydrogen (secondary N) is 1. The number of furan rings is 1. The molecule has 0 atom stereocenters. The quantitative estimate of drug-likeness (QED) is 0.619. The summed E-state index contributed by atoms with van der Waals surface area (Å²) >= 11 is 0. The van der Waals surface area contributed by atoms with E-state index in [9.17, 15) is 4.79 Å². The summed E-state index contributed by atoms with van der Waals surface area (Å²) in [6.07, 6.45) is 2.87. The van der Waals surface area contributed by atoms with Crippen LogP contribution in [0.25, 0.3) is 0 Å². The molecule has 0 aliphatic carbocycles. The average Bonchev–Trinajstić information content (AvgIpc) is 2.87. The Kier molecular flexibility index (Phi) is 3.83. The van der Waals surface area contributed by atoms with Gasteiger partial charge in [0, 0.05) is 6.20 Å². The first-order valence-electron chi connectivity index (χ1n) is 5.23. The zero-order valence-corrected chi connectivity index (χ0v) is 9.41. The highest BCUT2D eigenvalue weighted by molar-refractivity contribution is 5.92. The standard InChI is InChI=1S/C12H11N3O3/c16-8-10-5-4-9(18-10)7-14-15-12(17)11-3-1-2-6-13-11/h1-7,16H,8H2,(H,15,17)/b14-7+. The summed E-state index contributed by atoms with van der Waals surface area (Å²) in [5, 5.41) is 12.5. The molecule has 92 valence electrons. The number of pyridine rings is 1. The minimum Gasteiger partial charge on any atom is -0.458 e. The Balaban J connectivity index is 1.93. The predicted octanol–water partition coefficient (Wildman–Crippen LogP) is 0.931. The number of carbonyl (C=O) groups excluding carboxylic acids is 1. The number of nitrogens with zero attached hydrogens (tertiary/aromatic N) is 2. The molecule has 2 aromatic rings. The highest BCUT2D eigenvalue weighted by Gasteiger charge is 2.03. The lowest BCUT2D eigenvalue weighted by molar-refractivity contribution is 0.0950. The van der Waals surface area contributed by atoms with E-state index >= 15 is 0 Å². The van der Waals surface area contributed by atoms with Gasteiger partial charge in [0.1, 0.15) is 23.8 Å². The minimum atomic E-state index is -0.402. The molecule has 1 amide bonds. The van der Waals surface area contributed by atoms with Crippen molar-refractivity contribution < 1.29 is 14.3 Å². The molecular weight excluding hydrogens is 234 g/mol. The summed E-state index contributed by atoms with van der Waals surface area (Å²) < 4.78 is 5.15. The number of hydrogen-bond acceptors (Lipinski definition) is 5. The molecule has 0 bridgehead atoms. The van der Waals surface area contributed by atoms with Crippen molar-refractivity contribution in [2.24, 2.45) is 5.10 Å². The molecule has 2 rings (SSSR count). The second kappa shape index (κ2) is 5.74. The van der Waals surface area contributed by atoms with Gasteiger partial charge in [0.15, 0.2) is 0 Å². The molecule has 0 radical (unpaired) electrons. The summed E-state index contributed by atoms with van der Waals surface area (Å²) in [7, 11) is 0. The molecule has 2 heterocycles. The van der Waals surface area contributed by atoms with Crippen LogP contribution in [0.2, 0.25) is 0 Å². The van der Waals surface area contributed by atoms with Gasteiger partial charge in [-0.05, 0) is 24.3 Å². The van der Waals surface area contributed by atoms with E-state index in [-0.39, 0.29) is 12.3 Å². The SMILES string of the molecule is O=C(N/N=C/c1ccc(CO)o1)c1ccccn1. The Morgan fingerprint density at radius 2 is 2.33 bits per heavy atom. The van der Waals surface area contributed by atoms with Crippen LogP contribution in [0.1, 0.15) is 22.0 Å². The number of rotatable bonds is 4. The lowest BCUT2D eigenvalue weighted by Crippen LogP contribution is -2.18. The van der Waals surface area contributed by atoms with Gasteiger partial charge in [0.2, 0.25) is 0 Å². The van der Waals surface area contributed by atoms with Gasteiger partial charge in [-0.25, -0.2) is 5.43 Å². The Morgan fingerprint density at radius 1 is 1.44 bits per heavy atom. The molecule has 6 heteroatoms. The Labute approximate surface area is 103 Å². The van der Waals surface area contributed by atoms with Crippen LogP contribution in [0, 0.1) is 0 Å². The fraction of sp³-hybridized carbons (Fsp3) is 0.0833. The van der Waals surface area contributed by atoms with Crippen molar-refractivity contribution in [3.63, 3.8) is 0 Å². The zero-order chi connectivity index (χ0) is 12.8. The van der Waals surface area contributed by atoms with Crippen LogP contribution < -0.4 is 5.43 Å². The molecule has 0 aliphatic rings. The number of hydrazone groups is 1. The molecular formula is C12H11N3O3. The van der Waals surface area contributed by atoms with E-state index in [0.29, 0.717) is 11.5 Å². The molecule has 0 aromatic carbocycles. The van der Waals surface area contributed by atoms with Crippen molar-refractivity contribution in [2.75, 3.05) is 0 Å². The lowest BCUT2D eigenvalue weighted by atomic mass is 10.3. The fourth-order valence-corrected chi connectivity index (χ4v) is 1.26. The third-order valence-electron chi connectivity index (χ3n) is 2.09. The van der Waals surface area contributed by atoms with Crippen molar-refractivity contribution in [3.8, 4) is 0 Å². The predicted molar refractivity (Wildman–Crippen MR) is 63.9 cm³/mol. The second-order valence-electron chi connectivity index (χ2n) is 3.38. The first-order valence-corrected chi connectivity index (χ1v) is 5.23. The Bertz CT molecular complexity index is 549. The summed E-state index contributed by atoms with van der Waals surface area (Å²) in [6, 6.07) is 8.29. The number of aliphatic hydroxyl groups is 1. The van der Waals surface area contributed by atoms with Gasteiger partial charge in [-0.15, -0.1) is 0 Å². The summed E-state index contributed by atoms with van der Waals surface area (Å²) in [4.78, 5) is 15.4. The largest absolute Gasteiger partial charge is 0.458 e. The molecule has 0 aliphatic heterocycles. The van der Waals surface area contributed by atoms with E-state index in [0.717, 1.165) is 0 Å². The molecule has 2 aromatic heterocycles. The third-order valence-corrected chi connectivity index (χ3v) is 2.09. The monoisotopic (exact) mass is 245 g/mol. The summed E-state index contributed by atoms with van der Waals surface area (Å²) in [5.74, 6) is 0.480. The number of aromatic nitrogens is 1. The van der Waals surface area contributed by atoms with Crippen molar-refractivity contribution >= 4 is 12.1 Å². The van der Waals surface area contributed by atoms with Crippen LogP contribution in [0.15, 0.2) is 46.0 Å². The highest BCUT2D eigenvalue weighted by atomic mass is 16.4. The van der Waals surface area contributed by atoms with Crippen LogP contribution >= 0.6 is 0 Å². The van der Waals surface area contributed by atoms with Gasteiger partial charge in [-0.1, -0.05) is 6.07 Å². The molecule has 0 fully saturated rings. The Hall–Kier alpha value is -2.47. The van der Waals surface area contributed by atoms with Gasteiger partial charge in [-0.3, -0.25) is 9.78 Å². The van der Waals surface area contributed by atoms with E-state index in [4.69, 9.17) is 9.52 Å². The lowest BCUT2D eigenvalue weighted by Gasteiger charge is -1.96. The van der Waals surface area contributed by atoms with E-state index in [1.165, 1.54) is 12.4 Å². The molecule has 0 saturated carbocycles. The smallest absolute Gasteiger partial charge is 0.289 e. The van der Waals surface area contributed by atoms with Crippen molar-refractivity contribution in [1.82, 2.24) is 10.4 Å². The number of carbonyl (C=O) groups is 1. The maximum absolute atomic E-state index is 11.5. The van der Waals surface area contributed by atoms with E-state index in [1.54, 1.807) is 30.3 Å². The maximum Gasteiger partial charge on any atom is 0.289 e. The average molecular weight is 245 g/mol. The highest BCUT2D eigenvalue weighted by Crippen LogP contribution is 2.04. The second-order valence-corrected chi connectivity index (χ2v) is 3.38. The first kappa shape index (κ1) is 12.0. The van der Waals surface area contributed by atoms with Gasteiger partial charge < -0.3 is 9.52 Å². The fourth-order valence-electron chi connectivity index (χ4n) is 1.26. The Morgan fingerprint density at radius 3 is 3.00 bits per heavy atom. The van der Waals surface area contributed by atoms with Gasteiger partial charge in [-0.2, -0.15) is 5.10 Å². The number of aliphatic hydroxyl groups excluding tert-OH is 1. The van der Waals surface area contributed by atoms with Gasteiger partial charge in [0.25, 0.3) is 5.91 Å². The molecule has 18 heavy (non-hydrogen) atoms. The molecule has 0 unspecified atom stereocenters. The normalized spacial score (nSPS) is 10.7. The van der Waals surface area contributed by atoms with Crippen molar-refractivity contribution in [3.05, 3.63) is 53.7 Å². The topological polar surface area (TPSA) is 87.7 Å². The van der Waals surface area contributed by atoms with Gasteiger partial charge >= 0.3 is 0 Å². The van der Waals surface area contributed by atoms with E-state index in [1.807, 2.05) is 0 Å². The first-order chi connectivity index (χ1) is 8.79. The molecule has 0 saturated heterocycles. The van der Waals surface area contributed by atoms with Crippen LogP contribution in [0.5, 0.6) is 0 Å². The van der Waals surface area contributed by atoms with Crippen LogP contribution in [-0.2, 0) is 6.61 Å². The van der Waals surface area contributed by atoms with Crippen LogP contribution in [0.3, 0.4) is 0 Å². The van der Waals surface area contributed by atoms with E-state index in [2.05, 4.69) is 15.5 Å². The molecule has 6 nitrogen and oxygen atoms in total. The molecule has 0 spiro atoms. The summed E-state index contributed by atoms with van der Waals surface area (Å²) in [5.41, 5.74) is 2.60. The van der Waals surface area contributed by atoms with Crippen LogP contribution in [0.4, 0.5) is 0 Å². The van der Waals surface area contributed by atoms with Gasteiger partial charge in [0.05, 0.1) is 6.21 Å². The third kappa shape index (κ3) is 3.02. The number of hydrogen-bond donors (Lipinski definition) is 2. The van der Waals surface area contributed by atoms with E-state index < -0.39 is 5.91 Å². The minimum absolute atomic E-state index is 0.172. The number of amides is 1. The zero-order valence-electron chi connectivity index (χ0n) is 9.41.